The summed E-state index contributed by atoms with van der Waals surface area (Å²) in [5.74, 6) is 1.14. The Bertz CT molecular complexity index is 929. The summed E-state index contributed by atoms with van der Waals surface area (Å²) in [4.78, 5) is 17.2. The lowest BCUT2D eigenvalue weighted by molar-refractivity contribution is -0.120. The van der Waals surface area contributed by atoms with Crippen molar-refractivity contribution in [3.05, 3.63) is 48.5 Å². The monoisotopic (exact) mass is 348 g/mol. The first-order valence-corrected chi connectivity index (χ1v) is 9.18. The quantitative estimate of drug-likeness (QED) is 0.761. The average molecular weight is 348 g/mol. The molecule has 2 N–H and O–H groups in total. The SMILES string of the molecule is C[C@H]1C[C@@H](C(=O)Nc2ccc(-c3nc4ccccc4n3C)cc2)CCN1. The van der Waals surface area contributed by atoms with Crippen LogP contribution in [-0.4, -0.2) is 28.0 Å². The van der Waals surface area contributed by atoms with Gasteiger partial charge in [0.15, 0.2) is 0 Å². The summed E-state index contributed by atoms with van der Waals surface area (Å²) in [6.45, 7) is 3.04. The number of carbonyl (C=O) groups is 1. The minimum Gasteiger partial charge on any atom is -0.327 e. The predicted molar refractivity (Wildman–Crippen MR) is 105 cm³/mol. The number of para-hydroxylation sites is 2. The van der Waals surface area contributed by atoms with Gasteiger partial charge in [-0.25, -0.2) is 4.98 Å². The number of aromatic nitrogens is 2. The van der Waals surface area contributed by atoms with Gasteiger partial charge in [0.25, 0.3) is 0 Å². The van der Waals surface area contributed by atoms with E-state index < -0.39 is 0 Å². The molecule has 1 aliphatic rings. The molecule has 0 aliphatic carbocycles. The Labute approximate surface area is 153 Å². The van der Waals surface area contributed by atoms with Gasteiger partial charge in [-0.05, 0) is 62.7 Å². The standard InChI is InChI=1S/C21H24N4O/c1-14-13-16(11-12-22-14)21(26)23-17-9-7-15(8-10-17)20-24-18-5-3-4-6-19(18)25(20)2/h3-10,14,16,22H,11-13H2,1-2H3,(H,23,26)/t14-,16-/m0/s1. The van der Waals surface area contributed by atoms with Crippen LogP contribution < -0.4 is 10.6 Å². The molecule has 26 heavy (non-hydrogen) atoms. The van der Waals surface area contributed by atoms with Crippen LogP contribution in [0.3, 0.4) is 0 Å². The van der Waals surface area contributed by atoms with Gasteiger partial charge in [-0.15, -0.1) is 0 Å². The molecule has 2 aromatic carbocycles. The molecule has 1 aromatic heterocycles. The number of fused-ring (bicyclic) bond motifs is 1. The van der Waals surface area contributed by atoms with E-state index in [-0.39, 0.29) is 11.8 Å². The Morgan fingerprint density at radius 3 is 2.69 bits per heavy atom. The van der Waals surface area contributed by atoms with Crippen LogP contribution in [0.4, 0.5) is 5.69 Å². The zero-order chi connectivity index (χ0) is 18.1. The molecule has 5 heteroatoms. The molecular weight excluding hydrogens is 324 g/mol. The summed E-state index contributed by atoms with van der Waals surface area (Å²) >= 11 is 0. The summed E-state index contributed by atoms with van der Waals surface area (Å²) in [5.41, 5.74) is 3.98. The molecular formula is C21H24N4O. The van der Waals surface area contributed by atoms with E-state index in [2.05, 4.69) is 28.2 Å². The van der Waals surface area contributed by atoms with Crippen molar-refractivity contribution < 1.29 is 4.79 Å². The fourth-order valence-electron chi connectivity index (χ4n) is 3.72. The number of hydrogen-bond donors (Lipinski definition) is 2. The third-order valence-electron chi connectivity index (χ3n) is 5.19. The van der Waals surface area contributed by atoms with Gasteiger partial charge in [0.05, 0.1) is 11.0 Å². The Hall–Kier alpha value is -2.66. The largest absolute Gasteiger partial charge is 0.327 e. The number of carbonyl (C=O) groups excluding carboxylic acids is 1. The summed E-state index contributed by atoms with van der Waals surface area (Å²) < 4.78 is 2.10. The van der Waals surface area contributed by atoms with E-state index in [1.54, 1.807) is 0 Å². The molecule has 1 aliphatic heterocycles. The number of anilines is 1. The highest BCUT2D eigenvalue weighted by molar-refractivity contribution is 5.93. The van der Waals surface area contributed by atoms with Crippen molar-refractivity contribution in [2.24, 2.45) is 13.0 Å². The Morgan fingerprint density at radius 2 is 1.96 bits per heavy atom. The summed E-state index contributed by atoms with van der Waals surface area (Å²) in [6.07, 6.45) is 1.79. The highest BCUT2D eigenvalue weighted by Crippen LogP contribution is 2.25. The van der Waals surface area contributed by atoms with Gasteiger partial charge >= 0.3 is 0 Å². The second kappa shape index (κ2) is 6.92. The number of rotatable bonds is 3. The van der Waals surface area contributed by atoms with Crippen LogP contribution in [0.25, 0.3) is 22.4 Å². The van der Waals surface area contributed by atoms with E-state index in [0.717, 1.165) is 47.5 Å². The minimum absolute atomic E-state index is 0.0887. The zero-order valence-electron chi connectivity index (χ0n) is 15.2. The van der Waals surface area contributed by atoms with Gasteiger partial charge in [-0.3, -0.25) is 4.79 Å². The number of piperidine rings is 1. The molecule has 2 heterocycles. The van der Waals surface area contributed by atoms with E-state index in [9.17, 15) is 4.79 Å². The Kier molecular flexibility index (Phi) is 4.47. The molecule has 0 saturated carbocycles. The van der Waals surface area contributed by atoms with Crippen LogP contribution in [0, 0.1) is 5.92 Å². The Morgan fingerprint density at radius 1 is 1.19 bits per heavy atom. The lowest BCUT2D eigenvalue weighted by Crippen LogP contribution is -2.40. The van der Waals surface area contributed by atoms with Crippen molar-refractivity contribution in [2.45, 2.75) is 25.8 Å². The zero-order valence-corrected chi connectivity index (χ0v) is 15.2. The smallest absolute Gasteiger partial charge is 0.227 e. The first kappa shape index (κ1) is 16.8. The maximum atomic E-state index is 12.5. The van der Waals surface area contributed by atoms with Gasteiger partial charge in [-0.1, -0.05) is 12.1 Å². The second-order valence-corrected chi connectivity index (χ2v) is 7.13. The fourth-order valence-corrected chi connectivity index (χ4v) is 3.72. The van der Waals surface area contributed by atoms with Crippen molar-refractivity contribution in [1.29, 1.82) is 0 Å². The number of benzene rings is 2. The molecule has 0 radical (unpaired) electrons. The molecule has 3 aromatic rings. The Balaban J connectivity index is 1.51. The first-order valence-electron chi connectivity index (χ1n) is 9.18. The van der Waals surface area contributed by atoms with Gasteiger partial charge in [0, 0.05) is 30.3 Å². The van der Waals surface area contributed by atoms with Crippen molar-refractivity contribution >= 4 is 22.6 Å². The molecule has 4 rings (SSSR count). The maximum absolute atomic E-state index is 12.5. The molecule has 0 spiro atoms. The normalized spacial score (nSPS) is 20.2. The molecule has 0 bridgehead atoms. The van der Waals surface area contributed by atoms with Crippen LogP contribution in [0.1, 0.15) is 19.8 Å². The summed E-state index contributed by atoms with van der Waals surface area (Å²) in [7, 11) is 2.03. The highest BCUT2D eigenvalue weighted by Gasteiger charge is 2.24. The third kappa shape index (κ3) is 3.22. The molecule has 1 saturated heterocycles. The van der Waals surface area contributed by atoms with E-state index in [4.69, 9.17) is 4.98 Å². The number of hydrogen-bond acceptors (Lipinski definition) is 3. The van der Waals surface area contributed by atoms with Crippen LogP contribution >= 0.6 is 0 Å². The van der Waals surface area contributed by atoms with Gasteiger partial charge < -0.3 is 15.2 Å². The molecule has 1 fully saturated rings. The van der Waals surface area contributed by atoms with Crippen LogP contribution in [0.5, 0.6) is 0 Å². The average Bonchev–Trinajstić information content (AvgIpc) is 2.99. The van der Waals surface area contributed by atoms with Gasteiger partial charge in [0.1, 0.15) is 5.82 Å². The number of aryl methyl sites for hydroxylation is 1. The van der Waals surface area contributed by atoms with E-state index in [1.165, 1.54) is 0 Å². The highest BCUT2D eigenvalue weighted by atomic mass is 16.1. The van der Waals surface area contributed by atoms with E-state index >= 15 is 0 Å². The third-order valence-corrected chi connectivity index (χ3v) is 5.19. The molecule has 0 unspecified atom stereocenters. The predicted octanol–water partition coefficient (Wildman–Crippen LogP) is 3.57. The second-order valence-electron chi connectivity index (χ2n) is 7.13. The fraction of sp³-hybridized carbons (Fsp3) is 0.333. The topological polar surface area (TPSA) is 59.0 Å². The van der Waals surface area contributed by atoms with Gasteiger partial charge in [-0.2, -0.15) is 0 Å². The summed E-state index contributed by atoms with van der Waals surface area (Å²) in [5, 5.41) is 6.44. The molecule has 1 amide bonds. The van der Waals surface area contributed by atoms with Crippen molar-refractivity contribution in [1.82, 2.24) is 14.9 Å². The molecule has 134 valence electrons. The first-order chi connectivity index (χ1) is 12.6. The minimum atomic E-state index is 0.0887. The van der Waals surface area contributed by atoms with Gasteiger partial charge in [0.2, 0.25) is 5.91 Å². The molecule has 2 atom stereocenters. The number of nitrogens with one attached hydrogen (secondary N) is 2. The number of amides is 1. The van der Waals surface area contributed by atoms with Crippen LogP contribution in [0.15, 0.2) is 48.5 Å². The lowest BCUT2D eigenvalue weighted by atomic mass is 9.92. The number of nitrogens with zero attached hydrogens (tertiary/aromatic N) is 2. The molecule has 5 nitrogen and oxygen atoms in total. The van der Waals surface area contributed by atoms with Crippen LogP contribution in [0.2, 0.25) is 0 Å². The van der Waals surface area contributed by atoms with Crippen molar-refractivity contribution in [3.8, 4) is 11.4 Å². The van der Waals surface area contributed by atoms with Crippen molar-refractivity contribution in [3.63, 3.8) is 0 Å². The van der Waals surface area contributed by atoms with E-state index in [0.29, 0.717) is 6.04 Å². The maximum Gasteiger partial charge on any atom is 0.227 e. The van der Waals surface area contributed by atoms with Crippen LogP contribution in [-0.2, 0) is 11.8 Å². The lowest BCUT2D eigenvalue weighted by Gasteiger charge is -2.27. The summed E-state index contributed by atoms with van der Waals surface area (Å²) in [6, 6.07) is 16.5. The van der Waals surface area contributed by atoms with E-state index in [1.807, 2.05) is 49.5 Å². The number of imidazole rings is 1. The van der Waals surface area contributed by atoms with Crippen molar-refractivity contribution in [2.75, 3.05) is 11.9 Å².